The van der Waals surface area contributed by atoms with Crippen LogP contribution in [0.5, 0.6) is 5.75 Å². The number of ether oxygens (including phenoxy) is 1. The molecule has 0 saturated heterocycles. The Hall–Kier alpha value is -2.29. The van der Waals surface area contributed by atoms with E-state index in [1.54, 1.807) is 13.0 Å². The van der Waals surface area contributed by atoms with Gasteiger partial charge in [0.05, 0.1) is 11.6 Å². The Morgan fingerprint density at radius 1 is 1.71 bits per heavy atom. The van der Waals surface area contributed by atoms with Crippen molar-refractivity contribution >= 4 is 6.09 Å². The highest BCUT2D eigenvalue weighted by Crippen LogP contribution is 2.18. The predicted molar refractivity (Wildman–Crippen MR) is 57.2 cm³/mol. The summed E-state index contributed by atoms with van der Waals surface area (Å²) in [4.78, 5) is 10.3. The van der Waals surface area contributed by atoms with E-state index in [2.05, 4.69) is 5.32 Å². The highest BCUT2D eigenvalue weighted by Gasteiger charge is 2.09. The van der Waals surface area contributed by atoms with Gasteiger partial charge >= 0.3 is 6.09 Å². The molecule has 0 heterocycles. The molecule has 0 spiro atoms. The van der Waals surface area contributed by atoms with Gasteiger partial charge in [-0.15, -0.1) is 0 Å². The van der Waals surface area contributed by atoms with Crippen LogP contribution >= 0.6 is 0 Å². The smallest absolute Gasteiger partial charge is 0.404 e. The van der Waals surface area contributed by atoms with Gasteiger partial charge in [-0.25, -0.2) is 9.18 Å². The number of hydrogen-bond donors (Lipinski definition) is 2. The minimum absolute atomic E-state index is 0.0621. The number of nitriles is 1. The van der Waals surface area contributed by atoms with Crippen LogP contribution in [-0.2, 0) is 0 Å². The lowest BCUT2D eigenvalue weighted by Crippen LogP contribution is -2.35. The summed E-state index contributed by atoms with van der Waals surface area (Å²) in [5.41, 5.74) is 0.0764. The molecule has 5 nitrogen and oxygen atoms in total. The maximum atomic E-state index is 12.8. The van der Waals surface area contributed by atoms with Gasteiger partial charge < -0.3 is 15.2 Å². The van der Waals surface area contributed by atoms with Crippen molar-refractivity contribution in [1.82, 2.24) is 5.32 Å². The summed E-state index contributed by atoms with van der Waals surface area (Å²) >= 11 is 0. The summed E-state index contributed by atoms with van der Waals surface area (Å²) < 4.78 is 18.0. The standard InChI is InChI=1S/C11H11FN2O3/c1-7(14-11(15)16)6-17-10-3-2-9(12)4-8(10)5-13/h2-4,7,14H,6H2,1H3,(H,15,16). The second kappa shape index (κ2) is 5.70. The number of carboxylic acid groups (broad SMARTS) is 1. The molecule has 6 heteroatoms. The van der Waals surface area contributed by atoms with E-state index in [-0.39, 0.29) is 17.9 Å². The molecule has 1 aromatic rings. The van der Waals surface area contributed by atoms with Crippen molar-refractivity contribution in [1.29, 1.82) is 5.26 Å². The monoisotopic (exact) mass is 238 g/mol. The van der Waals surface area contributed by atoms with Crippen LogP contribution in [-0.4, -0.2) is 23.8 Å². The zero-order valence-corrected chi connectivity index (χ0v) is 9.11. The minimum atomic E-state index is -1.15. The Kier molecular flexibility index (Phi) is 4.29. The Morgan fingerprint density at radius 2 is 2.41 bits per heavy atom. The van der Waals surface area contributed by atoms with Crippen LogP contribution in [0.15, 0.2) is 18.2 Å². The third-order valence-electron chi connectivity index (χ3n) is 1.92. The molecular weight excluding hydrogens is 227 g/mol. The van der Waals surface area contributed by atoms with Crippen molar-refractivity contribution in [3.63, 3.8) is 0 Å². The minimum Gasteiger partial charge on any atom is -0.490 e. The lowest BCUT2D eigenvalue weighted by Gasteiger charge is -2.13. The van der Waals surface area contributed by atoms with Gasteiger partial charge in [-0.2, -0.15) is 5.26 Å². The topological polar surface area (TPSA) is 82.3 Å². The van der Waals surface area contributed by atoms with Crippen LogP contribution in [0.25, 0.3) is 0 Å². The quantitative estimate of drug-likeness (QED) is 0.836. The number of benzene rings is 1. The van der Waals surface area contributed by atoms with Crippen molar-refractivity contribution in [2.24, 2.45) is 0 Å². The van der Waals surface area contributed by atoms with E-state index in [0.29, 0.717) is 0 Å². The number of halogens is 1. The van der Waals surface area contributed by atoms with Gasteiger partial charge in [-0.3, -0.25) is 0 Å². The summed E-state index contributed by atoms with van der Waals surface area (Å²) in [5, 5.41) is 19.4. The number of hydrogen-bond acceptors (Lipinski definition) is 3. The van der Waals surface area contributed by atoms with Gasteiger partial charge in [0.25, 0.3) is 0 Å². The second-order valence-electron chi connectivity index (χ2n) is 3.41. The van der Waals surface area contributed by atoms with Crippen molar-refractivity contribution in [2.75, 3.05) is 6.61 Å². The normalized spacial score (nSPS) is 11.4. The lowest BCUT2D eigenvalue weighted by molar-refractivity contribution is 0.183. The van der Waals surface area contributed by atoms with Gasteiger partial charge in [-0.05, 0) is 25.1 Å². The molecule has 0 bridgehead atoms. The van der Waals surface area contributed by atoms with E-state index in [9.17, 15) is 9.18 Å². The highest BCUT2D eigenvalue weighted by atomic mass is 19.1. The summed E-state index contributed by atoms with van der Waals surface area (Å²) in [5.74, 6) is -0.293. The van der Waals surface area contributed by atoms with Crippen LogP contribution in [0.1, 0.15) is 12.5 Å². The van der Waals surface area contributed by atoms with Crippen molar-refractivity contribution in [2.45, 2.75) is 13.0 Å². The van der Waals surface area contributed by atoms with Crippen LogP contribution < -0.4 is 10.1 Å². The maximum Gasteiger partial charge on any atom is 0.404 e. The molecule has 17 heavy (non-hydrogen) atoms. The molecule has 2 N–H and O–H groups in total. The molecule has 0 aliphatic carbocycles. The number of nitrogens with one attached hydrogen (secondary N) is 1. The predicted octanol–water partition coefficient (Wildman–Crippen LogP) is 1.73. The van der Waals surface area contributed by atoms with Crippen LogP contribution in [0.3, 0.4) is 0 Å². The maximum absolute atomic E-state index is 12.8. The van der Waals surface area contributed by atoms with Crippen molar-refractivity contribution in [3.8, 4) is 11.8 Å². The van der Waals surface area contributed by atoms with Crippen molar-refractivity contribution < 1.29 is 19.0 Å². The molecule has 0 aromatic heterocycles. The number of amides is 1. The fourth-order valence-corrected chi connectivity index (χ4v) is 1.18. The van der Waals surface area contributed by atoms with Gasteiger partial charge in [0.1, 0.15) is 24.2 Å². The van der Waals surface area contributed by atoms with E-state index in [1.165, 1.54) is 12.1 Å². The lowest BCUT2D eigenvalue weighted by atomic mass is 10.2. The number of nitrogens with zero attached hydrogens (tertiary/aromatic N) is 1. The molecule has 0 aliphatic heterocycles. The SMILES string of the molecule is CC(COc1ccc(F)cc1C#N)NC(=O)O. The van der Waals surface area contributed by atoms with Gasteiger partial charge in [0.2, 0.25) is 0 Å². The van der Waals surface area contributed by atoms with Gasteiger partial charge in [-0.1, -0.05) is 0 Å². The largest absolute Gasteiger partial charge is 0.490 e. The molecule has 1 atom stereocenters. The average molecular weight is 238 g/mol. The fraction of sp³-hybridized carbons (Fsp3) is 0.273. The molecule has 90 valence electrons. The first-order chi connectivity index (χ1) is 8.02. The van der Waals surface area contributed by atoms with E-state index >= 15 is 0 Å². The molecule has 1 unspecified atom stereocenters. The van der Waals surface area contributed by atoms with Gasteiger partial charge in [0.15, 0.2) is 0 Å². The first-order valence-electron chi connectivity index (χ1n) is 4.85. The summed E-state index contributed by atoms with van der Waals surface area (Å²) in [6.45, 7) is 1.68. The molecule has 0 fully saturated rings. The number of rotatable bonds is 4. The first-order valence-corrected chi connectivity index (χ1v) is 4.85. The third-order valence-corrected chi connectivity index (χ3v) is 1.92. The number of carbonyl (C=O) groups is 1. The average Bonchev–Trinajstić information content (AvgIpc) is 2.26. The molecule has 0 aliphatic rings. The third kappa shape index (κ3) is 3.99. The van der Waals surface area contributed by atoms with Crippen LogP contribution in [0.4, 0.5) is 9.18 Å². The fourth-order valence-electron chi connectivity index (χ4n) is 1.18. The molecule has 0 radical (unpaired) electrons. The zero-order valence-electron chi connectivity index (χ0n) is 9.11. The summed E-state index contributed by atoms with van der Waals surface area (Å²) in [7, 11) is 0. The van der Waals surface area contributed by atoms with E-state index < -0.39 is 18.0 Å². The highest BCUT2D eigenvalue weighted by molar-refractivity contribution is 5.64. The molecular formula is C11H11FN2O3. The first kappa shape index (κ1) is 12.8. The Balaban J connectivity index is 2.63. The molecule has 1 aromatic carbocycles. The van der Waals surface area contributed by atoms with Crippen molar-refractivity contribution in [3.05, 3.63) is 29.6 Å². The van der Waals surface area contributed by atoms with E-state index in [4.69, 9.17) is 15.1 Å². The van der Waals surface area contributed by atoms with E-state index in [1.807, 2.05) is 0 Å². The van der Waals surface area contributed by atoms with Crippen LogP contribution in [0.2, 0.25) is 0 Å². The Bertz CT molecular complexity index is 457. The Labute approximate surface area is 97.4 Å². The van der Waals surface area contributed by atoms with Gasteiger partial charge in [0, 0.05) is 0 Å². The summed E-state index contributed by atoms with van der Waals surface area (Å²) in [6.07, 6.45) is -1.15. The molecule has 1 amide bonds. The zero-order chi connectivity index (χ0) is 12.8. The molecule has 0 saturated carbocycles. The second-order valence-corrected chi connectivity index (χ2v) is 3.41. The van der Waals surface area contributed by atoms with E-state index in [0.717, 1.165) is 6.07 Å². The molecule has 1 rings (SSSR count). The summed E-state index contributed by atoms with van der Waals surface area (Å²) in [6, 6.07) is 4.94. The van der Waals surface area contributed by atoms with Crippen LogP contribution in [0, 0.1) is 17.1 Å². The Morgan fingerprint density at radius 3 is 3.00 bits per heavy atom.